The number of rotatable bonds is 4. The molecule has 3 aromatic rings. The molecule has 0 fully saturated rings. The van der Waals surface area contributed by atoms with Crippen LogP contribution in [0.1, 0.15) is 21.8 Å². The fourth-order valence-corrected chi connectivity index (χ4v) is 2.45. The average molecular weight is 476 g/mol. The van der Waals surface area contributed by atoms with Crippen molar-refractivity contribution < 1.29 is 40.1 Å². The number of hydrogen-bond donors (Lipinski definition) is 4. The van der Waals surface area contributed by atoms with Crippen molar-refractivity contribution in [3.8, 4) is 5.75 Å². The van der Waals surface area contributed by atoms with E-state index in [9.17, 15) is 26.4 Å². The van der Waals surface area contributed by atoms with Crippen LogP contribution < -0.4 is 15.8 Å². The van der Waals surface area contributed by atoms with Crippen LogP contribution in [0.3, 0.4) is 0 Å². The van der Waals surface area contributed by atoms with E-state index in [1.54, 1.807) is 12.1 Å². The van der Waals surface area contributed by atoms with Gasteiger partial charge in [-0.15, -0.1) is 0 Å². The maximum absolute atomic E-state index is 13.3. The zero-order chi connectivity index (χ0) is 24.1. The number of fused-ring (bicyclic) bond motifs is 1. The third-order valence-corrected chi connectivity index (χ3v) is 3.72. The Morgan fingerprint density at radius 3 is 2.53 bits per heavy atom. The van der Waals surface area contributed by atoms with Crippen LogP contribution in [0.5, 0.6) is 5.75 Å². The van der Waals surface area contributed by atoms with Crippen molar-refractivity contribution in [1.29, 1.82) is 0 Å². The quantitative estimate of drug-likeness (QED) is 0.254. The number of benzene rings is 1. The van der Waals surface area contributed by atoms with Crippen LogP contribution in [0, 0.1) is 0 Å². The second-order valence-electron chi connectivity index (χ2n) is 6.23. The van der Waals surface area contributed by atoms with Gasteiger partial charge in [-0.3, -0.25) is 9.35 Å². The minimum absolute atomic E-state index is 0.0145. The lowest BCUT2D eigenvalue weighted by Crippen LogP contribution is -2.28. The number of carbonyl (C=O) groups excluding carboxylic acids is 1. The molecule has 0 radical (unpaired) electrons. The van der Waals surface area contributed by atoms with E-state index in [2.05, 4.69) is 15.3 Å². The first-order valence-corrected chi connectivity index (χ1v) is 10.5. The van der Waals surface area contributed by atoms with Crippen molar-refractivity contribution in [2.45, 2.75) is 12.8 Å². The molecular weight excluding hydrogens is 457 g/mol. The molecule has 2 aromatic heterocycles. The van der Waals surface area contributed by atoms with Crippen molar-refractivity contribution in [3.05, 3.63) is 53.6 Å². The number of ether oxygens (including phenoxy) is 1. The Morgan fingerprint density at radius 2 is 2.00 bits per heavy atom. The molecule has 1 aromatic carbocycles. The van der Waals surface area contributed by atoms with Gasteiger partial charge in [0, 0.05) is 12.4 Å². The lowest BCUT2D eigenvalue weighted by molar-refractivity contribution is -0.136. The number of nitrogens with zero attached hydrogens (tertiary/aromatic N) is 1. The number of guanidine groups is 1. The molecule has 0 unspecified atom stereocenters. The van der Waals surface area contributed by atoms with E-state index in [4.69, 9.17) is 19.4 Å². The predicted molar refractivity (Wildman–Crippen MR) is 109 cm³/mol. The summed E-state index contributed by atoms with van der Waals surface area (Å²) in [4.78, 5) is 18.3. The Balaban J connectivity index is 0.000000654. The van der Waals surface area contributed by atoms with Gasteiger partial charge in [0.05, 0.1) is 23.6 Å². The number of nitrogens with one attached hydrogen (secondary N) is 2. The second kappa shape index (κ2) is 9.74. The van der Waals surface area contributed by atoms with E-state index in [1.165, 1.54) is 19.4 Å². The van der Waals surface area contributed by atoms with Gasteiger partial charge in [-0.25, -0.2) is 0 Å². The van der Waals surface area contributed by atoms with Crippen molar-refractivity contribution in [2.24, 2.45) is 10.7 Å². The summed E-state index contributed by atoms with van der Waals surface area (Å²) in [5.41, 5.74) is 4.40. The van der Waals surface area contributed by atoms with Crippen molar-refractivity contribution in [2.75, 3.05) is 13.3 Å². The molecule has 0 atom stereocenters. The zero-order valence-electron chi connectivity index (χ0n) is 16.7. The van der Waals surface area contributed by atoms with E-state index in [-0.39, 0.29) is 34.9 Å². The van der Waals surface area contributed by atoms with Gasteiger partial charge in [0.25, 0.3) is 16.0 Å². The number of hydrogen-bond acceptors (Lipinski definition) is 5. The lowest BCUT2D eigenvalue weighted by Gasteiger charge is -2.11. The number of alkyl halides is 3. The van der Waals surface area contributed by atoms with E-state index < -0.39 is 27.8 Å². The van der Waals surface area contributed by atoms with Crippen LogP contribution in [-0.4, -0.2) is 43.1 Å². The van der Waals surface area contributed by atoms with Gasteiger partial charge < -0.3 is 25.2 Å². The molecule has 0 aliphatic heterocycles. The van der Waals surface area contributed by atoms with Crippen LogP contribution in [0.15, 0.2) is 46.0 Å². The molecule has 1 amide bonds. The number of amides is 1. The van der Waals surface area contributed by atoms with Gasteiger partial charge in [0.1, 0.15) is 23.8 Å². The summed E-state index contributed by atoms with van der Waals surface area (Å²) in [5.74, 6) is -0.344. The molecule has 174 valence electrons. The molecule has 0 aliphatic carbocycles. The number of carbonyl (C=O) groups is 1. The highest BCUT2D eigenvalue weighted by Gasteiger charge is 2.34. The van der Waals surface area contributed by atoms with Gasteiger partial charge in [-0.1, -0.05) is 0 Å². The van der Waals surface area contributed by atoms with Gasteiger partial charge in [0.2, 0.25) is 0 Å². The maximum Gasteiger partial charge on any atom is 0.417 e. The molecule has 3 rings (SSSR count). The number of aromatic amines is 1. The van der Waals surface area contributed by atoms with E-state index in [0.29, 0.717) is 12.0 Å². The highest BCUT2D eigenvalue weighted by molar-refractivity contribution is 7.85. The van der Waals surface area contributed by atoms with Crippen LogP contribution in [-0.2, 0) is 22.9 Å². The normalized spacial score (nSPS) is 12.2. The Kier molecular flexibility index (Phi) is 7.53. The van der Waals surface area contributed by atoms with Gasteiger partial charge in [-0.05, 0) is 30.3 Å². The summed E-state index contributed by atoms with van der Waals surface area (Å²) in [6.07, 6.45) is -2.43. The minimum Gasteiger partial charge on any atom is -0.483 e. The van der Waals surface area contributed by atoms with Crippen LogP contribution in [0.2, 0.25) is 0 Å². The van der Waals surface area contributed by atoms with Gasteiger partial charge in [0.15, 0.2) is 5.96 Å². The summed E-state index contributed by atoms with van der Waals surface area (Å²) >= 11 is 0. The first-order valence-electron chi connectivity index (χ1n) is 8.66. The Morgan fingerprint density at radius 1 is 1.34 bits per heavy atom. The van der Waals surface area contributed by atoms with E-state index >= 15 is 0 Å². The highest BCUT2D eigenvalue weighted by Crippen LogP contribution is 2.38. The molecule has 2 heterocycles. The number of furan rings is 1. The summed E-state index contributed by atoms with van der Waals surface area (Å²) in [5, 5.41) is 2.25. The molecule has 0 saturated carbocycles. The van der Waals surface area contributed by atoms with Crippen LogP contribution in [0.25, 0.3) is 10.9 Å². The smallest absolute Gasteiger partial charge is 0.417 e. The summed E-state index contributed by atoms with van der Waals surface area (Å²) in [7, 11) is -2.21. The van der Waals surface area contributed by atoms with Crippen molar-refractivity contribution in [3.63, 3.8) is 0 Å². The molecular formula is C18H19F3N4O6S. The highest BCUT2D eigenvalue weighted by atomic mass is 32.2. The standard InChI is InChI=1S/C17H15F3N4O3.CH4O3S/c1-22-16(21)24-15(25)12-7-10-11(17(18,19)20)4-5-13(14(10)23-12)27-8-9-3-2-6-26-9;1-5(2,3)4/h2-7,23H,8H2,1H3,(H3,21,22,24,25);1H3,(H,2,3,4). The molecule has 32 heavy (non-hydrogen) atoms. The first kappa shape index (κ1) is 24.7. The summed E-state index contributed by atoms with van der Waals surface area (Å²) in [6, 6.07) is 6.49. The van der Waals surface area contributed by atoms with E-state index in [1.807, 2.05) is 0 Å². The molecule has 0 saturated heterocycles. The van der Waals surface area contributed by atoms with Crippen LogP contribution in [0.4, 0.5) is 13.2 Å². The molecule has 0 aliphatic rings. The van der Waals surface area contributed by atoms with Gasteiger partial charge >= 0.3 is 6.18 Å². The van der Waals surface area contributed by atoms with Crippen molar-refractivity contribution in [1.82, 2.24) is 10.3 Å². The molecule has 5 N–H and O–H groups in total. The summed E-state index contributed by atoms with van der Waals surface area (Å²) < 4.78 is 76.5. The Bertz CT molecular complexity index is 1210. The number of nitrogens with two attached hydrogens (primary N) is 1. The third-order valence-electron chi connectivity index (χ3n) is 3.72. The second-order valence-corrected chi connectivity index (χ2v) is 7.70. The maximum atomic E-state index is 13.3. The number of aromatic nitrogens is 1. The number of aliphatic imine (C=N–C) groups is 1. The Hall–Kier alpha value is -3.52. The minimum atomic E-state index is -4.60. The summed E-state index contributed by atoms with van der Waals surface area (Å²) in [6.45, 7) is 0.0145. The lowest BCUT2D eigenvalue weighted by atomic mass is 10.1. The largest absolute Gasteiger partial charge is 0.483 e. The molecule has 10 nitrogen and oxygen atoms in total. The Labute approximate surface area is 180 Å². The fraction of sp³-hybridized carbons (Fsp3) is 0.222. The topological polar surface area (TPSA) is 160 Å². The first-order chi connectivity index (χ1) is 14.8. The SMILES string of the molecule is CNC(N)=NC(=O)c1cc2c(C(F)(F)F)ccc(OCc3ccco3)c2[nH]1.CS(=O)(=O)O. The number of halogens is 3. The third kappa shape index (κ3) is 7.02. The van der Waals surface area contributed by atoms with E-state index in [0.717, 1.165) is 12.1 Å². The average Bonchev–Trinajstić information content (AvgIpc) is 3.33. The predicted octanol–water partition coefficient (Wildman–Crippen LogP) is 2.54. The fourth-order valence-electron chi connectivity index (χ4n) is 2.45. The zero-order valence-corrected chi connectivity index (χ0v) is 17.5. The van der Waals surface area contributed by atoms with Crippen LogP contribution >= 0.6 is 0 Å². The van der Waals surface area contributed by atoms with Gasteiger partial charge in [-0.2, -0.15) is 26.6 Å². The molecule has 0 bridgehead atoms. The van der Waals surface area contributed by atoms with Crippen molar-refractivity contribution >= 4 is 32.9 Å². The number of H-pyrrole nitrogens is 1. The molecule has 14 heteroatoms. The monoisotopic (exact) mass is 476 g/mol. The molecule has 0 spiro atoms.